The van der Waals surface area contributed by atoms with E-state index in [-0.39, 0.29) is 30.4 Å². The number of aromatic nitrogens is 2. The van der Waals surface area contributed by atoms with Crippen LogP contribution in [0.5, 0.6) is 0 Å². The van der Waals surface area contributed by atoms with Gasteiger partial charge in [-0.05, 0) is 37.7 Å². The zero-order valence-electron chi connectivity index (χ0n) is 17.4. The Labute approximate surface area is 176 Å². The van der Waals surface area contributed by atoms with Gasteiger partial charge in [-0.3, -0.25) is 19.1 Å². The number of carbonyl (C=O) groups is 2. The quantitative estimate of drug-likeness (QED) is 0.632. The first-order valence-electron chi connectivity index (χ1n) is 11.0. The van der Waals surface area contributed by atoms with E-state index in [1.807, 2.05) is 4.90 Å². The van der Waals surface area contributed by atoms with E-state index in [1.54, 1.807) is 12.3 Å². The first kappa shape index (κ1) is 21.0. The van der Waals surface area contributed by atoms with Crippen molar-refractivity contribution in [2.45, 2.75) is 50.7 Å². The number of nitrogens with one attached hydrogen (secondary N) is 1. The summed E-state index contributed by atoms with van der Waals surface area (Å²) in [5.41, 5.74) is -0.425. The molecule has 1 N–H and O–H groups in total. The Morgan fingerprint density at radius 2 is 1.90 bits per heavy atom. The normalized spacial score (nSPS) is 24.7. The molecule has 30 heavy (non-hydrogen) atoms. The average molecular weight is 418 g/mol. The van der Waals surface area contributed by atoms with Gasteiger partial charge in [-0.1, -0.05) is 0 Å². The number of likely N-dealkylation sites (tertiary alicyclic amines) is 1. The number of hydrogen-bond acceptors (Lipinski definition) is 6. The van der Waals surface area contributed by atoms with E-state index in [0.717, 1.165) is 25.3 Å². The number of hydrogen-bond donors (Lipinski definition) is 1. The highest BCUT2D eigenvalue weighted by molar-refractivity contribution is 5.77. The average Bonchev–Trinajstić information content (AvgIpc) is 3.50. The molecule has 1 aromatic rings. The molecule has 2 aliphatic heterocycles. The van der Waals surface area contributed by atoms with E-state index in [2.05, 4.69) is 15.2 Å². The molecule has 1 saturated carbocycles. The Hall–Kier alpha value is -2.26. The van der Waals surface area contributed by atoms with Crippen LogP contribution in [-0.2, 0) is 20.9 Å². The largest absolute Gasteiger partial charge is 0.378 e. The standard InChI is InChI=1S/C21H31N5O4/c27-19(15-25-7-1-6-22-21(25)29)23-13-18-5-4-17(26(18)14-16-2-3-16)12-20(28)24-8-10-30-11-9-24/h1,6-7,16-18H,2-5,8-15H2,(H,23,27)/t17-,18+/m1/s1. The summed E-state index contributed by atoms with van der Waals surface area (Å²) in [4.78, 5) is 44.8. The molecule has 164 valence electrons. The van der Waals surface area contributed by atoms with E-state index >= 15 is 0 Å². The molecular weight excluding hydrogens is 386 g/mol. The van der Waals surface area contributed by atoms with E-state index in [0.29, 0.717) is 39.3 Å². The maximum absolute atomic E-state index is 12.7. The molecule has 2 saturated heterocycles. The molecule has 3 aliphatic rings. The highest BCUT2D eigenvalue weighted by Crippen LogP contribution is 2.35. The summed E-state index contributed by atoms with van der Waals surface area (Å²) in [5, 5.41) is 2.98. The van der Waals surface area contributed by atoms with Gasteiger partial charge in [0.2, 0.25) is 11.8 Å². The van der Waals surface area contributed by atoms with Crippen LogP contribution in [0.3, 0.4) is 0 Å². The number of rotatable bonds is 8. The third-order valence-electron chi connectivity index (χ3n) is 6.34. The first-order chi connectivity index (χ1) is 14.6. The third-order valence-corrected chi connectivity index (χ3v) is 6.34. The van der Waals surface area contributed by atoms with Gasteiger partial charge in [-0.25, -0.2) is 9.78 Å². The summed E-state index contributed by atoms with van der Waals surface area (Å²) < 4.78 is 6.65. The van der Waals surface area contributed by atoms with Gasteiger partial charge in [0.05, 0.1) is 13.2 Å². The molecule has 1 aliphatic carbocycles. The molecule has 9 heteroatoms. The number of morpholine rings is 1. The van der Waals surface area contributed by atoms with Gasteiger partial charge in [0.1, 0.15) is 6.54 Å². The molecule has 4 rings (SSSR count). The van der Waals surface area contributed by atoms with Crippen LogP contribution in [0.15, 0.2) is 23.3 Å². The van der Waals surface area contributed by atoms with Crippen LogP contribution < -0.4 is 11.0 Å². The van der Waals surface area contributed by atoms with E-state index in [4.69, 9.17) is 4.74 Å². The Bertz CT molecular complexity index is 803. The molecule has 0 bridgehead atoms. The topological polar surface area (TPSA) is 96.8 Å². The van der Waals surface area contributed by atoms with Crippen molar-refractivity contribution >= 4 is 11.8 Å². The Balaban J connectivity index is 1.31. The predicted molar refractivity (Wildman–Crippen MR) is 110 cm³/mol. The van der Waals surface area contributed by atoms with Crippen molar-refractivity contribution in [3.05, 3.63) is 28.9 Å². The second kappa shape index (κ2) is 9.70. The van der Waals surface area contributed by atoms with Crippen LogP contribution in [-0.4, -0.2) is 82.6 Å². The molecule has 0 spiro atoms. The van der Waals surface area contributed by atoms with Crippen molar-refractivity contribution < 1.29 is 14.3 Å². The van der Waals surface area contributed by atoms with Crippen molar-refractivity contribution in [2.24, 2.45) is 5.92 Å². The van der Waals surface area contributed by atoms with Gasteiger partial charge in [-0.15, -0.1) is 0 Å². The lowest BCUT2D eigenvalue weighted by Gasteiger charge is -2.33. The van der Waals surface area contributed by atoms with Crippen molar-refractivity contribution in [3.8, 4) is 0 Å². The molecule has 2 atom stereocenters. The molecule has 3 fully saturated rings. The molecule has 9 nitrogen and oxygen atoms in total. The molecule has 0 aromatic carbocycles. The summed E-state index contributed by atoms with van der Waals surface area (Å²) in [6, 6.07) is 2.12. The van der Waals surface area contributed by atoms with Gasteiger partial charge in [0.15, 0.2) is 0 Å². The van der Waals surface area contributed by atoms with Gasteiger partial charge in [0.25, 0.3) is 0 Å². The molecule has 2 amide bonds. The lowest BCUT2D eigenvalue weighted by atomic mass is 10.1. The summed E-state index contributed by atoms with van der Waals surface area (Å²) >= 11 is 0. The van der Waals surface area contributed by atoms with Crippen LogP contribution in [0.2, 0.25) is 0 Å². The van der Waals surface area contributed by atoms with Gasteiger partial charge in [0, 0.05) is 57.1 Å². The minimum Gasteiger partial charge on any atom is -0.378 e. The minimum absolute atomic E-state index is 0.0268. The highest BCUT2D eigenvalue weighted by atomic mass is 16.5. The van der Waals surface area contributed by atoms with Gasteiger partial charge in [-0.2, -0.15) is 0 Å². The minimum atomic E-state index is -0.425. The van der Waals surface area contributed by atoms with Gasteiger partial charge >= 0.3 is 5.69 Å². The fraction of sp³-hybridized carbons (Fsp3) is 0.714. The van der Waals surface area contributed by atoms with Crippen LogP contribution in [0.4, 0.5) is 0 Å². The number of amides is 2. The van der Waals surface area contributed by atoms with Crippen LogP contribution >= 0.6 is 0 Å². The fourth-order valence-electron chi connectivity index (χ4n) is 4.44. The van der Waals surface area contributed by atoms with E-state index in [1.165, 1.54) is 23.6 Å². The molecule has 0 radical (unpaired) electrons. The van der Waals surface area contributed by atoms with E-state index < -0.39 is 5.69 Å². The van der Waals surface area contributed by atoms with Crippen LogP contribution in [0, 0.1) is 5.92 Å². The maximum Gasteiger partial charge on any atom is 0.347 e. The number of carbonyl (C=O) groups excluding carboxylic acids is 2. The third kappa shape index (κ3) is 5.46. The fourth-order valence-corrected chi connectivity index (χ4v) is 4.44. The van der Waals surface area contributed by atoms with Crippen LogP contribution in [0.25, 0.3) is 0 Å². The van der Waals surface area contributed by atoms with Crippen molar-refractivity contribution in [1.29, 1.82) is 0 Å². The van der Waals surface area contributed by atoms with E-state index in [9.17, 15) is 14.4 Å². The first-order valence-corrected chi connectivity index (χ1v) is 11.0. The predicted octanol–water partition coefficient (Wildman–Crippen LogP) is -0.149. The summed E-state index contributed by atoms with van der Waals surface area (Å²) in [5.74, 6) is 0.741. The maximum atomic E-state index is 12.7. The summed E-state index contributed by atoms with van der Waals surface area (Å²) in [6.45, 7) is 4.13. The van der Waals surface area contributed by atoms with Crippen molar-refractivity contribution in [1.82, 2.24) is 24.7 Å². The smallest absolute Gasteiger partial charge is 0.347 e. The molecule has 3 heterocycles. The zero-order valence-corrected chi connectivity index (χ0v) is 17.4. The second-order valence-corrected chi connectivity index (χ2v) is 8.56. The van der Waals surface area contributed by atoms with Gasteiger partial charge < -0.3 is 15.0 Å². The Morgan fingerprint density at radius 3 is 2.63 bits per heavy atom. The van der Waals surface area contributed by atoms with Crippen LogP contribution in [0.1, 0.15) is 32.1 Å². The zero-order chi connectivity index (χ0) is 20.9. The second-order valence-electron chi connectivity index (χ2n) is 8.56. The monoisotopic (exact) mass is 417 g/mol. The molecular formula is C21H31N5O4. The lowest BCUT2D eigenvalue weighted by molar-refractivity contribution is -0.136. The number of nitrogens with zero attached hydrogens (tertiary/aromatic N) is 4. The molecule has 1 aromatic heterocycles. The molecule has 0 unspecified atom stereocenters. The highest BCUT2D eigenvalue weighted by Gasteiger charge is 2.38. The Kier molecular flexibility index (Phi) is 6.79. The summed E-state index contributed by atoms with van der Waals surface area (Å²) in [7, 11) is 0. The number of ether oxygens (including phenoxy) is 1. The van der Waals surface area contributed by atoms with Crippen molar-refractivity contribution in [2.75, 3.05) is 39.4 Å². The SMILES string of the molecule is O=C(Cn1cccnc1=O)NC[C@@H]1CC[C@H](CC(=O)N2CCOCC2)N1CC1CC1. The summed E-state index contributed by atoms with van der Waals surface area (Å²) in [6.07, 6.45) is 7.99. The Morgan fingerprint density at radius 1 is 1.13 bits per heavy atom. The lowest BCUT2D eigenvalue weighted by Crippen LogP contribution is -2.47. The van der Waals surface area contributed by atoms with Crippen molar-refractivity contribution in [3.63, 3.8) is 0 Å².